The average molecular weight is 423 g/mol. The zero-order valence-corrected chi connectivity index (χ0v) is 16.4. The Labute approximate surface area is 161 Å². The molecule has 0 spiro atoms. The maximum Gasteiger partial charge on any atom is 0.511 e. The predicted molar refractivity (Wildman–Crippen MR) is 93.3 cm³/mol. The molecule has 6 nitrogen and oxygen atoms in total. The van der Waals surface area contributed by atoms with Gasteiger partial charge < -0.3 is 4.74 Å². The van der Waals surface area contributed by atoms with Crippen LogP contribution in [0.2, 0.25) is 0 Å². The summed E-state index contributed by atoms with van der Waals surface area (Å²) < 4.78 is 65.4. The second-order valence-corrected chi connectivity index (χ2v) is 10.4. The molecule has 10 heteroatoms. The van der Waals surface area contributed by atoms with Crippen molar-refractivity contribution in [1.29, 1.82) is 0 Å². The second kappa shape index (κ2) is 6.83. The standard InChI is InChI=1S/C18H24F3NO5S/c1-11(2)14(23)16-6-12-5-13(7-16)9-17(8-12,10-16)15(24)27-4-3-22-28(25,26)18(19,20)21/h12-13,22H,1,3-10H2,2H3. The van der Waals surface area contributed by atoms with Crippen LogP contribution in [0.4, 0.5) is 13.2 Å². The maximum absolute atomic E-state index is 12.8. The van der Waals surface area contributed by atoms with E-state index in [4.69, 9.17) is 4.74 Å². The molecule has 4 aliphatic rings. The van der Waals surface area contributed by atoms with E-state index in [1.807, 2.05) is 0 Å². The van der Waals surface area contributed by atoms with Gasteiger partial charge in [-0.2, -0.15) is 13.2 Å². The number of carbonyl (C=O) groups excluding carboxylic acids is 2. The van der Waals surface area contributed by atoms with Crippen molar-refractivity contribution in [3.05, 3.63) is 12.2 Å². The van der Waals surface area contributed by atoms with E-state index in [-0.39, 0.29) is 17.6 Å². The van der Waals surface area contributed by atoms with Crippen molar-refractivity contribution in [3.8, 4) is 0 Å². The van der Waals surface area contributed by atoms with Gasteiger partial charge in [0.05, 0.1) is 5.41 Å². The minimum absolute atomic E-state index is 0.0169. The summed E-state index contributed by atoms with van der Waals surface area (Å²) in [6, 6.07) is 0. The molecule has 0 amide bonds. The van der Waals surface area contributed by atoms with E-state index in [1.165, 1.54) is 4.72 Å². The summed E-state index contributed by atoms with van der Waals surface area (Å²) in [5, 5.41) is 0. The molecule has 2 unspecified atom stereocenters. The maximum atomic E-state index is 12.8. The van der Waals surface area contributed by atoms with Gasteiger partial charge in [-0.15, -0.1) is 0 Å². The first-order chi connectivity index (χ1) is 12.8. The highest BCUT2D eigenvalue weighted by molar-refractivity contribution is 7.90. The second-order valence-electron chi connectivity index (χ2n) is 8.61. The van der Waals surface area contributed by atoms with E-state index < -0.39 is 45.5 Å². The molecule has 0 heterocycles. The Hall–Kier alpha value is -1.42. The van der Waals surface area contributed by atoms with Crippen LogP contribution >= 0.6 is 0 Å². The number of allylic oxidation sites excluding steroid dienone is 1. The summed E-state index contributed by atoms with van der Waals surface area (Å²) in [5.41, 5.74) is -6.37. The van der Waals surface area contributed by atoms with Gasteiger partial charge >= 0.3 is 21.5 Å². The van der Waals surface area contributed by atoms with Crippen LogP contribution in [0, 0.1) is 22.7 Å². The van der Waals surface area contributed by atoms with Crippen molar-refractivity contribution >= 4 is 21.8 Å². The Kier molecular flexibility index (Phi) is 5.19. The number of ether oxygens (including phenoxy) is 1. The first-order valence-corrected chi connectivity index (χ1v) is 10.7. The van der Waals surface area contributed by atoms with E-state index in [2.05, 4.69) is 6.58 Å². The summed E-state index contributed by atoms with van der Waals surface area (Å²) in [6.45, 7) is 4.27. The van der Waals surface area contributed by atoms with Gasteiger partial charge in [0.2, 0.25) is 0 Å². The number of carbonyl (C=O) groups is 2. The number of alkyl halides is 3. The molecule has 158 valence electrons. The smallest absolute Gasteiger partial charge is 0.464 e. The molecule has 4 fully saturated rings. The largest absolute Gasteiger partial charge is 0.511 e. The fraction of sp³-hybridized carbons (Fsp3) is 0.778. The molecule has 28 heavy (non-hydrogen) atoms. The molecule has 4 rings (SSSR count). The zero-order valence-electron chi connectivity index (χ0n) is 15.6. The minimum Gasteiger partial charge on any atom is -0.464 e. The predicted octanol–water partition coefficient (Wildman–Crippen LogP) is 2.70. The third-order valence-corrected chi connectivity index (χ3v) is 7.49. The number of hydrogen-bond donors (Lipinski definition) is 1. The van der Waals surface area contributed by atoms with Gasteiger partial charge in [0, 0.05) is 12.0 Å². The van der Waals surface area contributed by atoms with Crippen LogP contribution in [0.25, 0.3) is 0 Å². The van der Waals surface area contributed by atoms with Crippen LogP contribution in [-0.4, -0.2) is 38.8 Å². The number of nitrogens with one attached hydrogen (secondary N) is 1. The van der Waals surface area contributed by atoms with E-state index in [0.29, 0.717) is 24.8 Å². The molecule has 4 saturated carbocycles. The van der Waals surface area contributed by atoms with E-state index in [0.717, 1.165) is 19.3 Å². The SMILES string of the molecule is C=C(C)C(=O)C12CC3CC(CC(C(=O)OCCNS(=O)(=O)C(F)(F)F)(C3)C1)C2. The fourth-order valence-electron chi connectivity index (χ4n) is 5.77. The molecular weight excluding hydrogens is 399 g/mol. The van der Waals surface area contributed by atoms with E-state index in [1.54, 1.807) is 6.92 Å². The Balaban J connectivity index is 1.65. The van der Waals surface area contributed by atoms with Crippen LogP contribution < -0.4 is 4.72 Å². The molecule has 0 aromatic carbocycles. The molecule has 0 aromatic heterocycles. The molecule has 4 bridgehead atoms. The first kappa shape index (κ1) is 21.3. The molecule has 2 atom stereocenters. The highest BCUT2D eigenvalue weighted by Gasteiger charge is 2.63. The Morgan fingerprint density at radius 3 is 2.18 bits per heavy atom. The Morgan fingerprint density at radius 1 is 1.14 bits per heavy atom. The first-order valence-electron chi connectivity index (χ1n) is 9.24. The zero-order chi connectivity index (χ0) is 21.0. The van der Waals surface area contributed by atoms with Gasteiger partial charge in [-0.3, -0.25) is 9.59 Å². The van der Waals surface area contributed by atoms with Gasteiger partial charge in [-0.1, -0.05) is 6.58 Å². The topological polar surface area (TPSA) is 89.5 Å². The molecule has 1 N–H and O–H groups in total. The molecule has 4 aliphatic carbocycles. The molecule has 0 aliphatic heterocycles. The number of halogens is 3. The Bertz CT molecular complexity index is 791. The van der Waals surface area contributed by atoms with Crippen LogP contribution in [0.3, 0.4) is 0 Å². The van der Waals surface area contributed by atoms with Gasteiger partial charge in [0.15, 0.2) is 5.78 Å². The summed E-state index contributed by atoms with van der Waals surface area (Å²) >= 11 is 0. The monoisotopic (exact) mass is 423 g/mol. The van der Waals surface area contributed by atoms with Gasteiger partial charge in [-0.05, 0) is 62.9 Å². The van der Waals surface area contributed by atoms with E-state index >= 15 is 0 Å². The van der Waals surface area contributed by atoms with Crippen LogP contribution in [0.1, 0.15) is 45.4 Å². The van der Waals surface area contributed by atoms with Crippen molar-refractivity contribution in [3.63, 3.8) is 0 Å². The van der Waals surface area contributed by atoms with Gasteiger partial charge in [0.1, 0.15) is 6.61 Å². The number of sulfonamides is 1. The van der Waals surface area contributed by atoms with Gasteiger partial charge in [0.25, 0.3) is 0 Å². The summed E-state index contributed by atoms with van der Waals surface area (Å²) in [4.78, 5) is 25.6. The van der Waals surface area contributed by atoms with Gasteiger partial charge in [-0.25, -0.2) is 13.1 Å². The quantitative estimate of drug-likeness (QED) is 0.386. The van der Waals surface area contributed by atoms with Crippen molar-refractivity contribution < 1.29 is 35.9 Å². The molecule has 0 radical (unpaired) electrons. The van der Waals surface area contributed by atoms with Crippen LogP contribution in [-0.2, 0) is 24.3 Å². The molecular formula is C18H24F3NO5S. The lowest BCUT2D eigenvalue weighted by atomic mass is 9.43. The number of Topliss-reactive ketones (excluding diaryl/α,β-unsaturated/α-hetero) is 1. The van der Waals surface area contributed by atoms with Crippen molar-refractivity contribution in [1.82, 2.24) is 4.72 Å². The van der Waals surface area contributed by atoms with Crippen molar-refractivity contribution in [2.45, 2.75) is 51.0 Å². The lowest BCUT2D eigenvalue weighted by Gasteiger charge is -2.60. The lowest BCUT2D eigenvalue weighted by molar-refractivity contribution is -0.182. The van der Waals surface area contributed by atoms with Crippen LogP contribution in [0.15, 0.2) is 12.2 Å². The fourth-order valence-corrected chi connectivity index (χ4v) is 6.29. The summed E-state index contributed by atoms with van der Waals surface area (Å²) in [6.07, 6.45) is 3.99. The summed E-state index contributed by atoms with van der Waals surface area (Å²) in [5.74, 6) is -0.0925. The van der Waals surface area contributed by atoms with Crippen molar-refractivity contribution in [2.75, 3.05) is 13.2 Å². The normalized spacial score (nSPS) is 34.3. The third kappa shape index (κ3) is 3.60. The van der Waals surface area contributed by atoms with Crippen molar-refractivity contribution in [2.24, 2.45) is 22.7 Å². The number of rotatable bonds is 7. The average Bonchev–Trinajstić information content (AvgIpc) is 2.55. The number of esters is 1. The molecule has 0 saturated heterocycles. The highest BCUT2D eigenvalue weighted by atomic mass is 32.2. The highest BCUT2D eigenvalue weighted by Crippen LogP contribution is 2.66. The summed E-state index contributed by atoms with van der Waals surface area (Å²) in [7, 11) is -5.47. The molecule has 0 aromatic rings. The van der Waals surface area contributed by atoms with Crippen LogP contribution in [0.5, 0.6) is 0 Å². The number of hydrogen-bond acceptors (Lipinski definition) is 5. The lowest BCUT2D eigenvalue weighted by Crippen LogP contribution is -2.58. The minimum atomic E-state index is -5.47. The number of ketones is 1. The van der Waals surface area contributed by atoms with E-state index in [9.17, 15) is 31.2 Å². The Morgan fingerprint density at radius 2 is 1.68 bits per heavy atom. The third-order valence-electron chi connectivity index (χ3n) is 6.30.